The van der Waals surface area contributed by atoms with Crippen LogP contribution in [0, 0.1) is 47.5 Å². The maximum atomic E-state index is 2.72. The van der Waals surface area contributed by atoms with Gasteiger partial charge in [-0.15, -0.1) is 0 Å². The van der Waals surface area contributed by atoms with E-state index in [4.69, 9.17) is 0 Å². The van der Waals surface area contributed by atoms with Crippen molar-refractivity contribution in [3.05, 3.63) is 179 Å². The molecule has 366 valence electrons. The number of likely N-dealkylation sites (tertiary alicyclic amines) is 1. The molecule has 10 rings (SSSR count). The third kappa shape index (κ3) is 15.7. The van der Waals surface area contributed by atoms with Gasteiger partial charge in [0.1, 0.15) is 0 Å². The molecule has 69 heavy (non-hydrogen) atoms. The Hall–Kier alpha value is -4.06. The molecule has 6 aromatic rings. The molecule has 3 aliphatic carbocycles. The fourth-order valence-corrected chi connectivity index (χ4v) is 15.1. The second-order valence-corrected chi connectivity index (χ2v) is 25.0. The lowest BCUT2D eigenvalue weighted by Crippen LogP contribution is -2.44. The monoisotopic (exact) mass is 959 g/mol. The highest BCUT2D eigenvalue weighted by atomic mass is 32.2. The maximum Gasteiger partial charge on any atom is 0.166 e. The van der Waals surface area contributed by atoms with Crippen molar-refractivity contribution in [1.82, 2.24) is 9.80 Å². The van der Waals surface area contributed by atoms with Gasteiger partial charge >= 0.3 is 0 Å². The lowest BCUT2D eigenvalue weighted by Gasteiger charge is -2.42. The van der Waals surface area contributed by atoms with Crippen LogP contribution in [0.3, 0.4) is 0 Å². The van der Waals surface area contributed by atoms with Gasteiger partial charge < -0.3 is 9.80 Å². The molecule has 2 atom stereocenters. The molecule has 3 saturated carbocycles. The molecule has 0 spiro atoms. The molecule has 6 aromatic carbocycles. The molecule has 0 amide bonds. The van der Waals surface area contributed by atoms with Crippen LogP contribution in [0.2, 0.25) is 0 Å². The van der Waals surface area contributed by atoms with E-state index in [9.17, 15) is 0 Å². The van der Waals surface area contributed by atoms with E-state index >= 15 is 0 Å². The molecule has 1 saturated heterocycles. The smallest absolute Gasteiger partial charge is 0.166 e. The first-order valence-electron chi connectivity index (χ1n) is 26.8. The molecule has 2 nitrogen and oxygen atoms in total. The van der Waals surface area contributed by atoms with Crippen LogP contribution in [0.1, 0.15) is 136 Å². The highest BCUT2D eigenvalue weighted by Gasteiger charge is 2.32. The Bertz CT molecular complexity index is 1990. The number of aryl methyl sites for hydroxylation is 6. The first-order chi connectivity index (χ1) is 33.5. The van der Waals surface area contributed by atoms with Crippen LogP contribution in [0.25, 0.3) is 0 Å². The van der Waals surface area contributed by atoms with Crippen molar-refractivity contribution in [1.29, 1.82) is 0 Å². The molecule has 1 heterocycles. The quantitative estimate of drug-likeness (QED) is 0.140. The highest BCUT2D eigenvalue weighted by molar-refractivity contribution is 7.97. The number of benzene rings is 6. The second kappa shape index (κ2) is 27.0. The molecule has 0 radical (unpaired) electrons. The summed E-state index contributed by atoms with van der Waals surface area (Å²) in [6.07, 6.45) is 23.6. The fraction of sp³-hybridized carbons (Fsp3) is 0.446. The van der Waals surface area contributed by atoms with Crippen LogP contribution in [-0.2, 0) is 21.8 Å². The first-order valence-corrected chi connectivity index (χ1v) is 29.3. The summed E-state index contributed by atoms with van der Waals surface area (Å²) in [5, 5.41) is 0. The normalized spacial score (nSPS) is 18.8. The Balaban J connectivity index is 0.000000141. The summed E-state index contributed by atoms with van der Waals surface area (Å²) in [5.74, 6) is 1.06. The van der Waals surface area contributed by atoms with Crippen molar-refractivity contribution in [2.75, 3.05) is 20.6 Å². The predicted octanol–water partition coefficient (Wildman–Crippen LogP) is 17.3. The molecule has 4 aliphatic rings. The van der Waals surface area contributed by atoms with Crippen molar-refractivity contribution in [2.45, 2.75) is 192 Å². The maximum absolute atomic E-state index is 2.72. The van der Waals surface area contributed by atoms with Gasteiger partial charge in [-0.1, -0.05) is 158 Å². The highest BCUT2D eigenvalue weighted by Crippen LogP contribution is 2.36. The minimum Gasteiger partial charge on any atom is -0.303 e. The summed E-state index contributed by atoms with van der Waals surface area (Å²) in [4.78, 5) is 13.6. The second-order valence-electron chi connectivity index (χ2n) is 21.0. The lowest BCUT2D eigenvalue weighted by atomic mass is 9.79. The first kappa shape index (κ1) is 52.8. The zero-order valence-corrected chi connectivity index (χ0v) is 45.5. The molecule has 4 fully saturated rings. The Morgan fingerprint density at radius 2 is 0.580 bits per heavy atom. The molecule has 4 heteroatoms. The van der Waals surface area contributed by atoms with Gasteiger partial charge in [-0.2, -0.15) is 0 Å². The van der Waals surface area contributed by atoms with Crippen LogP contribution >= 0.6 is 0 Å². The largest absolute Gasteiger partial charge is 0.303 e. The van der Waals surface area contributed by atoms with Crippen LogP contribution < -0.4 is 0 Å². The molecule has 0 aromatic heterocycles. The van der Waals surface area contributed by atoms with Gasteiger partial charge in [0.05, 0.1) is 21.8 Å². The zero-order valence-electron chi connectivity index (χ0n) is 43.9. The summed E-state index contributed by atoms with van der Waals surface area (Å²) in [5.41, 5.74) is 7.83. The summed E-state index contributed by atoms with van der Waals surface area (Å²) < 4.78 is 0. The minimum atomic E-state index is -0.0394. The van der Waals surface area contributed by atoms with Gasteiger partial charge in [-0.05, 0) is 192 Å². The topological polar surface area (TPSA) is 6.48 Å². The average Bonchev–Trinajstić information content (AvgIpc) is 3.38. The van der Waals surface area contributed by atoms with E-state index in [-0.39, 0.29) is 21.8 Å². The van der Waals surface area contributed by atoms with Crippen molar-refractivity contribution in [2.24, 2.45) is 5.92 Å². The zero-order chi connectivity index (χ0) is 48.5. The average molecular weight is 960 g/mol. The number of nitrogens with zero attached hydrogens (tertiary/aromatic N) is 2. The molecular formula is C65H86N2S2+2. The third-order valence-electron chi connectivity index (χ3n) is 15.4. The number of rotatable bonds is 8. The summed E-state index contributed by atoms with van der Waals surface area (Å²) in [6, 6.07) is 56.4. The van der Waals surface area contributed by atoms with Crippen molar-refractivity contribution >= 4 is 21.8 Å². The Morgan fingerprint density at radius 1 is 0.333 bits per heavy atom. The SMILES string of the molecule is CN(C1CCCCC1)C1CCCCC1.CN1CCCC2CCCCC21.Cc1ccc([S+](c2ccc(C)cc2)c2ccc(C)cc2)cc1.Cc1ccc([S+](c2ccc(C)cc2)c2ccc(C)cc2)cc1. The van der Waals surface area contributed by atoms with E-state index in [1.807, 2.05) is 0 Å². The van der Waals surface area contributed by atoms with Crippen LogP contribution in [0.5, 0.6) is 0 Å². The Labute approximate surface area is 426 Å². The van der Waals surface area contributed by atoms with Crippen LogP contribution in [0.15, 0.2) is 175 Å². The molecule has 0 bridgehead atoms. The molecule has 0 N–H and O–H groups in total. The van der Waals surface area contributed by atoms with E-state index in [2.05, 4.69) is 211 Å². The molecule has 1 aliphatic heterocycles. The van der Waals surface area contributed by atoms with Crippen LogP contribution in [-0.4, -0.2) is 48.6 Å². The van der Waals surface area contributed by atoms with Gasteiger partial charge in [0, 0.05) is 18.1 Å². The standard InChI is InChI=1S/2C21H21S.C13H25N.C10H19N/c2*1-16-4-10-19(11-5-16)22(20-12-6-17(2)7-13-20)21-14-8-18(3)9-15-21;1-14(12-8-4-2-5-9-12)13-10-6-3-7-11-13;1-11-8-4-6-9-5-2-3-7-10(9)11/h2*4-15H,1-3H3;12-13H,2-11H2,1H3;9-10H,2-8H2,1H3/q2*+1;;. The van der Waals surface area contributed by atoms with E-state index in [0.29, 0.717) is 0 Å². The van der Waals surface area contributed by atoms with Crippen molar-refractivity contribution in [3.63, 3.8) is 0 Å². The molecular weight excluding hydrogens is 873 g/mol. The lowest BCUT2D eigenvalue weighted by molar-refractivity contribution is 0.0841. The predicted molar refractivity (Wildman–Crippen MR) is 301 cm³/mol. The molecule has 2 unspecified atom stereocenters. The third-order valence-corrected chi connectivity index (χ3v) is 19.8. The Kier molecular flexibility index (Phi) is 20.6. The number of fused-ring (bicyclic) bond motifs is 1. The van der Waals surface area contributed by atoms with Gasteiger partial charge in [-0.25, -0.2) is 0 Å². The van der Waals surface area contributed by atoms with E-state index in [0.717, 1.165) is 24.0 Å². The number of piperidine rings is 1. The Morgan fingerprint density at radius 3 is 0.855 bits per heavy atom. The van der Waals surface area contributed by atoms with Gasteiger partial charge in [-0.3, -0.25) is 0 Å². The van der Waals surface area contributed by atoms with Crippen molar-refractivity contribution in [3.8, 4) is 0 Å². The van der Waals surface area contributed by atoms with Crippen molar-refractivity contribution < 1.29 is 0 Å². The number of hydrogen-bond donors (Lipinski definition) is 0. The van der Waals surface area contributed by atoms with Gasteiger partial charge in [0.15, 0.2) is 29.4 Å². The summed E-state index contributed by atoms with van der Waals surface area (Å²) in [6.45, 7) is 14.2. The van der Waals surface area contributed by atoms with Gasteiger partial charge in [0.2, 0.25) is 0 Å². The number of hydrogen-bond acceptors (Lipinski definition) is 2. The van der Waals surface area contributed by atoms with E-state index in [1.165, 1.54) is 172 Å². The van der Waals surface area contributed by atoms with E-state index in [1.54, 1.807) is 0 Å². The van der Waals surface area contributed by atoms with Gasteiger partial charge in [0.25, 0.3) is 0 Å². The summed E-state index contributed by atoms with van der Waals surface area (Å²) >= 11 is 0. The van der Waals surface area contributed by atoms with E-state index < -0.39 is 0 Å². The van der Waals surface area contributed by atoms with Crippen LogP contribution in [0.4, 0.5) is 0 Å². The minimum absolute atomic E-state index is 0.0394. The fourth-order valence-electron chi connectivity index (χ4n) is 11.0. The summed E-state index contributed by atoms with van der Waals surface area (Å²) in [7, 11) is 4.61.